The molecule has 1 aromatic carbocycles. The fraction of sp³-hybridized carbons (Fsp3) is 0.619. The second kappa shape index (κ2) is 10.3. The lowest BCUT2D eigenvalue weighted by Gasteiger charge is -2.21. The molecule has 6 nitrogen and oxygen atoms in total. The van der Waals surface area contributed by atoms with E-state index in [2.05, 4.69) is 67.2 Å². The highest BCUT2D eigenvalue weighted by atomic mass is 16.5. The van der Waals surface area contributed by atoms with E-state index in [4.69, 9.17) is 9.73 Å². The lowest BCUT2D eigenvalue weighted by atomic mass is 9.99. The Labute approximate surface area is 163 Å². The molecule has 1 heterocycles. The summed E-state index contributed by atoms with van der Waals surface area (Å²) < 4.78 is 4.95. The molecule has 1 fully saturated rings. The summed E-state index contributed by atoms with van der Waals surface area (Å²) in [6, 6.07) is 8.60. The van der Waals surface area contributed by atoms with Gasteiger partial charge in [0.15, 0.2) is 5.96 Å². The van der Waals surface area contributed by atoms with E-state index in [1.807, 2.05) is 0 Å². The zero-order valence-electron chi connectivity index (χ0n) is 17.4. The molecule has 1 aliphatic rings. The average Bonchev–Trinajstić information content (AvgIpc) is 3.06. The molecule has 0 amide bonds. The first-order chi connectivity index (χ1) is 13.0. The van der Waals surface area contributed by atoms with Crippen LogP contribution in [0.2, 0.25) is 0 Å². The third-order valence-corrected chi connectivity index (χ3v) is 5.15. The summed E-state index contributed by atoms with van der Waals surface area (Å²) in [7, 11) is 3.58. The maximum Gasteiger partial charge on any atom is 0.310 e. The molecule has 0 bridgehead atoms. The molecule has 2 atom stereocenters. The van der Waals surface area contributed by atoms with E-state index in [9.17, 15) is 4.79 Å². The summed E-state index contributed by atoms with van der Waals surface area (Å²) in [5, 5.41) is 3.36. The van der Waals surface area contributed by atoms with E-state index in [1.54, 1.807) is 0 Å². The van der Waals surface area contributed by atoms with Crippen molar-refractivity contribution in [1.29, 1.82) is 0 Å². The largest absolute Gasteiger partial charge is 0.469 e. The van der Waals surface area contributed by atoms with Gasteiger partial charge in [-0.1, -0.05) is 38.1 Å². The Morgan fingerprint density at radius 2 is 2.07 bits per heavy atom. The lowest BCUT2D eigenvalue weighted by Crippen LogP contribution is -2.40. The smallest absolute Gasteiger partial charge is 0.310 e. The van der Waals surface area contributed by atoms with Gasteiger partial charge in [0.1, 0.15) is 0 Å². The number of likely N-dealkylation sites (tertiary alicyclic amines) is 1. The monoisotopic (exact) mass is 374 g/mol. The minimum atomic E-state index is -0.131. The molecule has 1 aromatic rings. The molecule has 0 radical (unpaired) electrons. The van der Waals surface area contributed by atoms with Gasteiger partial charge in [0.2, 0.25) is 0 Å². The number of benzene rings is 1. The van der Waals surface area contributed by atoms with Gasteiger partial charge in [0.25, 0.3) is 0 Å². The number of carbonyl (C=O) groups excluding carboxylic acids is 1. The fourth-order valence-corrected chi connectivity index (χ4v) is 3.44. The topological polar surface area (TPSA) is 57.2 Å². The summed E-state index contributed by atoms with van der Waals surface area (Å²) in [5.41, 5.74) is 2.50. The van der Waals surface area contributed by atoms with Crippen LogP contribution in [0.3, 0.4) is 0 Å². The van der Waals surface area contributed by atoms with E-state index in [1.165, 1.54) is 18.2 Å². The van der Waals surface area contributed by atoms with Crippen molar-refractivity contribution in [2.75, 3.05) is 40.3 Å². The number of esters is 1. The van der Waals surface area contributed by atoms with Crippen molar-refractivity contribution in [3.05, 3.63) is 35.4 Å². The molecular weight excluding hydrogens is 340 g/mol. The zero-order valence-corrected chi connectivity index (χ0v) is 17.4. The van der Waals surface area contributed by atoms with Crippen molar-refractivity contribution in [3.8, 4) is 0 Å². The summed E-state index contributed by atoms with van der Waals surface area (Å²) in [6.45, 7) is 11.2. The summed E-state index contributed by atoms with van der Waals surface area (Å²) in [5.74, 6) is 0.904. The first-order valence-corrected chi connectivity index (χ1v) is 9.85. The van der Waals surface area contributed by atoms with E-state index >= 15 is 0 Å². The third-order valence-electron chi connectivity index (χ3n) is 5.15. The van der Waals surface area contributed by atoms with E-state index < -0.39 is 0 Å². The minimum absolute atomic E-state index is 0.0910. The number of nitrogens with zero attached hydrogens (tertiary/aromatic N) is 3. The van der Waals surface area contributed by atoms with Crippen LogP contribution < -0.4 is 5.32 Å². The Hall–Kier alpha value is -2.08. The highest BCUT2D eigenvalue weighted by Crippen LogP contribution is 2.24. The number of methoxy groups -OCH3 is 1. The van der Waals surface area contributed by atoms with Crippen LogP contribution in [-0.2, 0) is 22.6 Å². The van der Waals surface area contributed by atoms with Crippen molar-refractivity contribution < 1.29 is 9.53 Å². The predicted molar refractivity (Wildman–Crippen MR) is 110 cm³/mol. The lowest BCUT2D eigenvalue weighted by molar-refractivity contribution is -0.145. The predicted octanol–water partition coefficient (Wildman–Crippen LogP) is 2.34. The fourth-order valence-electron chi connectivity index (χ4n) is 3.44. The molecule has 2 unspecified atom stereocenters. The van der Waals surface area contributed by atoms with Crippen molar-refractivity contribution in [2.45, 2.75) is 33.9 Å². The molecule has 150 valence electrons. The highest BCUT2D eigenvalue weighted by molar-refractivity contribution is 5.82. The highest BCUT2D eigenvalue weighted by Gasteiger charge is 2.36. The molecule has 0 saturated carbocycles. The number of nitrogens with one attached hydrogen (secondary N) is 1. The molecule has 1 saturated heterocycles. The van der Waals surface area contributed by atoms with Gasteiger partial charge in [-0.15, -0.1) is 0 Å². The van der Waals surface area contributed by atoms with Gasteiger partial charge in [-0.25, -0.2) is 4.99 Å². The van der Waals surface area contributed by atoms with Gasteiger partial charge < -0.3 is 19.9 Å². The number of rotatable bonds is 7. The van der Waals surface area contributed by atoms with Gasteiger partial charge in [-0.3, -0.25) is 4.79 Å². The van der Waals surface area contributed by atoms with Crippen molar-refractivity contribution in [1.82, 2.24) is 15.1 Å². The van der Waals surface area contributed by atoms with E-state index in [0.29, 0.717) is 13.1 Å². The molecule has 6 heteroatoms. The van der Waals surface area contributed by atoms with E-state index in [0.717, 1.165) is 32.1 Å². The first kappa shape index (κ1) is 21.2. The van der Waals surface area contributed by atoms with Crippen LogP contribution in [0, 0.1) is 11.8 Å². The SMILES string of the molecule is CCNC(=NCc1cccc(CN(C)CC)c1)N1CC(C)C(C(=O)OC)C1. The molecule has 27 heavy (non-hydrogen) atoms. The average molecular weight is 375 g/mol. The van der Waals surface area contributed by atoms with Crippen LogP contribution in [0.1, 0.15) is 31.9 Å². The molecule has 0 aromatic heterocycles. The second-order valence-electron chi connectivity index (χ2n) is 7.33. The Morgan fingerprint density at radius 1 is 1.33 bits per heavy atom. The standard InChI is InChI=1S/C21H34N4O2/c1-6-22-21(25-13-16(3)19(15-25)20(26)27-5)23-12-17-9-8-10-18(11-17)14-24(4)7-2/h8-11,16,19H,6-7,12-15H2,1-5H3,(H,22,23). The minimum Gasteiger partial charge on any atom is -0.469 e. The normalized spacial score (nSPS) is 20.2. The summed E-state index contributed by atoms with van der Waals surface area (Å²) in [4.78, 5) is 21.2. The van der Waals surface area contributed by atoms with Crippen LogP contribution in [0.5, 0.6) is 0 Å². The van der Waals surface area contributed by atoms with Crippen LogP contribution in [0.15, 0.2) is 29.3 Å². The maximum atomic E-state index is 12.0. The van der Waals surface area contributed by atoms with Gasteiger partial charge in [0.05, 0.1) is 19.6 Å². The molecular formula is C21H34N4O2. The van der Waals surface area contributed by atoms with E-state index in [-0.39, 0.29) is 17.8 Å². The summed E-state index contributed by atoms with van der Waals surface area (Å²) >= 11 is 0. The number of aliphatic imine (C=N–C) groups is 1. The van der Waals surface area contributed by atoms with Gasteiger partial charge in [-0.05, 0) is 37.6 Å². The van der Waals surface area contributed by atoms with Crippen molar-refractivity contribution in [2.24, 2.45) is 16.8 Å². The number of carbonyl (C=O) groups is 1. The van der Waals surface area contributed by atoms with Gasteiger partial charge in [0, 0.05) is 26.2 Å². The molecule has 0 aliphatic carbocycles. The van der Waals surface area contributed by atoms with Crippen LogP contribution in [-0.4, -0.2) is 62.1 Å². The zero-order chi connectivity index (χ0) is 19.8. The van der Waals surface area contributed by atoms with Crippen LogP contribution >= 0.6 is 0 Å². The van der Waals surface area contributed by atoms with Crippen molar-refractivity contribution >= 4 is 11.9 Å². The van der Waals surface area contributed by atoms with Crippen LogP contribution in [0.4, 0.5) is 0 Å². The van der Waals surface area contributed by atoms with Crippen molar-refractivity contribution in [3.63, 3.8) is 0 Å². The van der Waals surface area contributed by atoms with Gasteiger partial charge in [-0.2, -0.15) is 0 Å². The Balaban J connectivity index is 2.08. The Bertz CT molecular complexity index is 647. The van der Waals surface area contributed by atoms with Crippen LogP contribution in [0.25, 0.3) is 0 Å². The number of hydrogen-bond donors (Lipinski definition) is 1. The molecule has 1 N–H and O–H groups in total. The Kier molecular flexibility index (Phi) is 8.10. The molecule has 0 spiro atoms. The number of hydrogen-bond acceptors (Lipinski definition) is 4. The second-order valence-corrected chi connectivity index (χ2v) is 7.33. The molecule has 1 aliphatic heterocycles. The number of ether oxygens (including phenoxy) is 1. The summed E-state index contributed by atoms with van der Waals surface area (Å²) in [6.07, 6.45) is 0. The Morgan fingerprint density at radius 3 is 2.74 bits per heavy atom. The third kappa shape index (κ3) is 5.96. The number of guanidine groups is 1. The van der Waals surface area contributed by atoms with Gasteiger partial charge >= 0.3 is 5.97 Å². The quantitative estimate of drug-likeness (QED) is 0.451. The first-order valence-electron chi connectivity index (χ1n) is 9.85. The maximum absolute atomic E-state index is 12.0. The molecule has 2 rings (SSSR count).